The van der Waals surface area contributed by atoms with E-state index in [0.717, 1.165) is 48.5 Å². The van der Waals surface area contributed by atoms with E-state index in [1.54, 1.807) is 24.5 Å². The van der Waals surface area contributed by atoms with Gasteiger partial charge in [-0.3, -0.25) is 10.1 Å². The van der Waals surface area contributed by atoms with Crippen LogP contribution in [0.1, 0.15) is 24.2 Å². The molecule has 1 amide bonds. The van der Waals surface area contributed by atoms with Crippen LogP contribution in [-0.2, 0) is 0 Å². The van der Waals surface area contributed by atoms with Crippen LogP contribution in [0, 0.1) is 5.82 Å². The molecular formula is C28H30FN7O. The van der Waals surface area contributed by atoms with Gasteiger partial charge in [0.15, 0.2) is 0 Å². The fourth-order valence-electron chi connectivity index (χ4n) is 4.38. The van der Waals surface area contributed by atoms with Crippen molar-refractivity contribution in [2.45, 2.75) is 19.9 Å². The van der Waals surface area contributed by atoms with Crippen molar-refractivity contribution >= 4 is 34.3 Å². The van der Waals surface area contributed by atoms with Crippen LogP contribution in [0.25, 0.3) is 22.0 Å². The van der Waals surface area contributed by atoms with Crippen molar-refractivity contribution in [3.8, 4) is 11.1 Å². The van der Waals surface area contributed by atoms with Gasteiger partial charge < -0.3 is 15.1 Å². The quantitative estimate of drug-likeness (QED) is 0.399. The van der Waals surface area contributed by atoms with Gasteiger partial charge in [0.05, 0.1) is 5.52 Å². The van der Waals surface area contributed by atoms with Gasteiger partial charge in [0, 0.05) is 61.3 Å². The summed E-state index contributed by atoms with van der Waals surface area (Å²) in [5, 5.41) is 6.86. The number of pyridine rings is 1. The number of nitrogens with one attached hydrogen (secondary N) is 2. The molecule has 0 radical (unpaired) electrons. The van der Waals surface area contributed by atoms with Crippen molar-refractivity contribution in [2.75, 3.05) is 48.8 Å². The van der Waals surface area contributed by atoms with Gasteiger partial charge in [-0.2, -0.15) is 0 Å². The summed E-state index contributed by atoms with van der Waals surface area (Å²) in [5.74, 6) is 0.368. The van der Waals surface area contributed by atoms with Crippen LogP contribution in [0.2, 0.25) is 0 Å². The fraction of sp³-hybridized carbons (Fsp3) is 0.286. The molecule has 0 unspecified atom stereocenters. The molecule has 8 nitrogen and oxygen atoms in total. The van der Waals surface area contributed by atoms with E-state index in [1.165, 1.54) is 12.1 Å². The van der Waals surface area contributed by atoms with E-state index in [-0.39, 0.29) is 23.7 Å². The summed E-state index contributed by atoms with van der Waals surface area (Å²) < 4.78 is 14.3. The predicted octanol–water partition coefficient (Wildman–Crippen LogP) is 4.66. The molecule has 1 aliphatic heterocycles. The first-order chi connectivity index (χ1) is 17.8. The Morgan fingerprint density at radius 2 is 1.78 bits per heavy atom. The second kappa shape index (κ2) is 10.5. The number of carbonyl (C=O) groups excluding carboxylic acids is 1. The topological polar surface area (TPSA) is 86.3 Å². The normalized spacial score (nSPS) is 14.2. The lowest BCUT2D eigenvalue weighted by atomic mass is 10.0. The minimum atomic E-state index is -0.315. The van der Waals surface area contributed by atoms with Crippen LogP contribution in [0.5, 0.6) is 0 Å². The number of piperazine rings is 1. The number of likely N-dealkylation sites (N-methyl/N-ethyl adjacent to an activating group) is 1. The number of hydrogen-bond acceptors (Lipinski definition) is 7. The molecule has 0 bridgehead atoms. The molecule has 2 N–H and O–H groups in total. The Balaban J connectivity index is 1.36. The van der Waals surface area contributed by atoms with Crippen LogP contribution < -0.4 is 15.5 Å². The van der Waals surface area contributed by atoms with Gasteiger partial charge in [-0.25, -0.2) is 19.3 Å². The maximum atomic E-state index is 14.3. The molecule has 1 saturated heterocycles. The highest BCUT2D eigenvalue weighted by Crippen LogP contribution is 2.28. The number of benzene rings is 2. The molecule has 37 heavy (non-hydrogen) atoms. The Bertz CT molecular complexity index is 1430. The van der Waals surface area contributed by atoms with Crippen LogP contribution in [0.15, 0.2) is 60.9 Å². The van der Waals surface area contributed by atoms with E-state index < -0.39 is 0 Å². The fourth-order valence-corrected chi connectivity index (χ4v) is 4.38. The maximum Gasteiger partial charge on any atom is 0.258 e. The summed E-state index contributed by atoms with van der Waals surface area (Å²) in [4.78, 5) is 30.8. The third-order valence-corrected chi connectivity index (χ3v) is 6.33. The number of fused-ring (bicyclic) bond motifs is 1. The van der Waals surface area contributed by atoms with Gasteiger partial charge in [-0.1, -0.05) is 12.1 Å². The first-order valence-electron chi connectivity index (χ1n) is 12.4. The molecule has 3 heterocycles. The van der Waals surface area contributed by atoms with Crippen LogP contribution in [-0.4, -0.2) is 65.0 Å². The van der Waals surface area contributed by atoms with Crippen molar-refractivity contribution in [3.63, 3.8) is 0 Å². The summed E-state index contributed by atoms with van der Waals surface area (Å²) >= 11 is 0. The third-order valence-electron chi connectivity index (χ3n) is 6.33. The first kappa shape index (κ1) is 24.6. The highest BCUT2D eigenvalue weighted by atomic mass is 19.1. The molecule has 0 atom stereocenters. The summed E-state index contributed by atoms with van der Waals surface area (Å²) in [5.41, 5.74) is 3.42. The molecular weight excluding hydrogens is 469 g/mol. The second-order valence-corrected chi connectivity index (χ2v) is 9.64. The van der Waals surface area contributed by atoms with Gasteiger partial charge in [-0.15, -0.1) is 0 Å². The summed E-state index contributed by atoms with van der Waals surface area (Å²) in [7, 11) is 2.10. The van der Waals surface area contributed by atoms with Crippen molar-refractivity contribution in [1.82, 2.24) is 19.9 Å². The van der Waals surface area contributed by atoms with E-state index in [2.05, 4.69) is 42.4 Å². The molecule has 0 spiro atoms. The number of hydrogen-bond donors (Lipinski definition) is 2. The van der Waals surface area contributed by atoms with E-state index in [0.29, 0.717) is 16.8 Å². The third kappa shape index (κ3) is 5.83. The number of rotatable bonds is 6. The van der Waals surface area contributed by atoms with Crippen molar-refractivity contribution in [3.05, 3.63) is 72.3 Å². The number of nitrogens with zero attached hydrogens (tertiary/aromatic N) is 5. The summed E-state index contributed by atoms with van der Waals surface area (Å²) in [6.07, 6.45) is 3.32. The Labute approximate surface area is 215 Å². The molecule has 190 valence electrons. The lowest BCUT2D eigenvalue weighted by molar-refractivity contribution is 0.102. The van der Waals surface area contributed by atoms with E-state index in [1.807, 2.05) is 38.1 Å². The second-order valence-electron chi connectivity index (χ2n) is 9.64. The van der Waals surface area contributed by atoms with Crippen molar-refractivity contribution in [1.29, 1.82) is 0 Å². The smallest absolute Gasteiger partial charge is 0.258 e. The Hall–Kier alpha value is -4.11. The molecule has 5 rings (SSSR count). The van der Waals surface area contributed by atoms with Gasteiger partial charge >= 0.3 is 0 Å². The first-order valence-corrected chi connectivity index (χ1v) is 12.4. The Morgan fingerprint density at radius 3 is 2.57 bits per heavy atom. The Kier molecular flexibility index (Phi) is 6.96. The van der Waals surface area contributed by atoms with Gasteiger partial charge in [-0.05, 0) is 68.4 Å². The molecule has 9 heteroatoms. The predicted molar refractivity (Wildman–Crippen MR) is 146 cm³/mol. The van der Waals surface area contributed by atoms with E-state index in [9.17, 15) is 9.18 Å². The number of halogens is 1. The zero-order valence-corrected chi connectivity index (χ0v) is 21.2. The van der Waals surface area contributed by atoms with Crippen LogP contribution >= 0.6 is 0 Å². The molecule has 0 aliphatic carbocycles. The number of amides is 1. The highest BCUT2D eigenvalue weighted by Gasteiger charge is 2.17. The molecule has 0 saturated carbocycles. The van der Waals surface area contributed by atoms with E-state index >= 15 is 0 Å². The Morgan fingerprint density at radius 1 is 0.973 bits per heavy atom. The van der Waals surface area contributed by atoms with Crippen molar-refractivity contribution < 1.29 is 9.18 Å². The lowest BCUT2D eigenvalue weighted by Crippen LogP contribution is -2.44. The van der Waals surface area contributed by atoms with Gasteiger partial charge in [0.2, 0.25) is 5.95 Å². The number of carbonyl (C=O) groups is 1. The monoisotopic (exact) mass is 499 g/mol. The van der Waals surface area contributed by atoms with Gasteiger partial charge in [0.25, 0.3) is 5.91 Å². The SMILES string of the molecule is CC(C)Nc1cc(F)cc(-c2ccc3cnc(NC(=O)c4ccnc(N5CCN(C)CC5)c4)nc3c2)c1. The largest absolute Gasteiger partial charge is 0.383 e. The van der Waals surface area contributed by atoms with Crippen molar-refractivity contribution in [2.24, 2.45) is 0 Å². The van der Waals surface area contributed by atoms with E-state index in [4.69, 9.17) is 0 Å². The zero-order valence-electron chi connectivity index (χ0n) is 21.2. The van der Waals surface area contributed by atoms with Crippen LogP contribution in [0.4, 0.5) is 21.8 Å². The minimum absolute atomic E-state index is 0.184. The summed E-state index contributed by atoms with van der Waals surface area (Å²) in [6.45, 7) is 7.65. The molecule has 1 fully saturated rings. The number of anilines is 3. The molecule has 1 aliphatic rings. The molecule has 2 aromatic carbocycles. The average molecular weight is 500 g/mol. The molecule has 2 aromatic heterocycles. The highest BCUT2D eigenvalue weighted by molar-refractivity contribution is 6.04. The summed E-state index contributed by atoms with van der Waals surface area (Å²) in [6, 6.07) is 14.2. The maximum absolute atomic E-state index is 14.3. The van der Waals surface area contributed by atoms with Gasteiger partial charge in [0.1, 0.15) is 11.6 Å². The molecule has 4 aromatic rings. The minimum Gasteiger partial charge on any atom is -0.383 e. The number of aromatic nitrogens is 3. The zero-order chi connectivity index (χ0) is 25.9. The average Bonchev–Trinajstić information content (AvgIpc) is 2.88. The lowest BCUT2D eigenvalue weighted by Gasteiger charge is -2.33. The standard InChI is InChI=1S/C28H30FN7O/c1-18(2)32-24-13-22(12-23(29)16-24)19-4-5-21-17-31-28(33-25(21)14-19)34-27(37)20-6-7-30-26(15-20)36-10-8-35(3)9-11-36/h4-7,12-18,32H,8-11H2,1-3H3,(H,31,33,34,37). The van der Waals surface area contributed by atoms with Crippen LogP contribution in [0.3, 0.4) is 0 Å².